The molecule has 0 spiro atoms. The predicted molar refractivity (Wildman–Crippen MR) is 68.1 cm³/mol. The number of thioether (sulfide) groups is 2. The van der Waals surface area contributed by atoms with Crippen LogP contribution in [0.2, 0.25) is 0 Å². The highest BCUT2D eigenvalue weighted by molar-refractivity contribution is 8.00. The highest BCUT2D eigenvalue weighted by Crippen LogP contribution is 2.19. The van der Waals surface area contributed by atoms with Crippen LogP contribution in [0.1, 0.15) is 6.42 Å². The molecule has 6 nitrogen and oxygen atoms in total. The molecule has 0 aliphatic heterocycles. The van der Waals surface area contributed by atoms with Crippen LogP contribution in [0.5, 0.6) is 0 Å². The van der Waals surface area contributed by atoms with Gasteiger partial charge in [-0.15, -0.1) is 5.10 Å². The molecule has 0 aromatic carbocycles. The summed E-state index contributed by atoms with van der Waals surface area (Å²) in [6.45, 7) is 0. The molecule has 0 radical (unpaired) electrons. The van der Waals surface area contributed by atoms with Gasteiger partial charge in [0.05, 0.1) is 0 Å². The van der Waals surface area contributed by atoms with Gasteiger partial charge >= 0.3 is 0 Å². The SMILES string of the molecule is Cn1ccnc1SCCCSc1nnnn1C. The number of rotatable bonds is 6. The average molecular weight is 270 g/mol. The van der Waals surface area contributed by atoms with Crippen molar-refractivity contribution in [2.24, 2.45) is 14.1 Å². The molecule has 0 saturated heterocycles. The molecule has 0 amide bonds. The third-order valence-electron chi connectivity index (χ3n) is 2.11. The third-order valence-corrected chi connectivity index (χ3v) is 4.35. The number of imidazole rings is 1. The van der Waals surface area contributed by atoms with Crippen molar-refractivity contribution < 1.29 is 0 Å². The van der Waals surface area contributed by atoms with E-state index in [1.54, 1.807) is 28.2 Å². The van der Waals surface area contributed by atoms with Crippen molar-refractivity contribution in [3.63, 3.8) is 0 Å². The molecule has 0 N–H and O–H groups in total. The Labute approximate surface area is 108 Å². The Hall–Kier alpha value is -1.02. The van der Waals surface area contributed by atoms with Gasteiger partial charge in [-0.1, -0.05) is 23.5 Å². The van der Waals surface area contributed by atoms with E-state index in [9.17, 15) is 0 Å². The zero-order valence-electron chi connectivity index (χ0n) is 9.78. The van der Waals surface area contributed by atoms with Gasteiger partial charge in [0.25, 0.3) is 0 Å². The summed E-state index contributed by atoms with van der Waals surface area (Å²) in [5, 5.41) is 13.2. The maximum Gasteiger partial charge on any atom is 0.209 e. The van der Waals surface area contributed by atoms with E-state index in [2.05, 4.69) is 20.5 Å². The fraction of sp³-hybridized carbons (Fsp3) is 0.556. The van der Waals surface area contributed by atoms with E-state index in [1.165, 1.54) is 0 Å². The van der Waals surface area contributed by atoms with Crippen LogP contribution in [0.4, 0.5) is 0 Å². The normalized spacial score (nSPS) is 10.9. The highest BCUT2D eigenvalue weighted by Gasteiger charge is 2.03. The maximum absolute atomic E-state index is 4.26. The number of aryl methyl sites for hydroxylation is 2. The van der Waals surface area contributed by atoms with Crippen molar-refractivity contribution >= 4 is 23.5 Å². The lowest BCUT2D eigenvalue weighted by Gasteiger charge is -2.01. The Bertz CT molecular complexity index is 423. The molecule has 2 aromatic rings. The van der Waals surface area contributed by atoms with Gasteiger partial charge < -0.3 is 4.57 Å². The van der Waals surface area contributed by atoms with E-state index in [-0.39, 0.29) is 0 Å². The van der Waals surface area contributed by atoms with Gasteiger partial charge in [0.1, 0.15) is 0 Å². The average Bonchev–Trinajstić information content (AvgIpc) is 2.89. The lowest BCUT2D eigenvalue weighted by Crippen LogP contribution is -1.95. The molecule has 0 bridgehead atoms. The molecule has 2 aromatic heterocycles. The van der Waals surface area contributed by atoms with Gasteiger partial charge in [0.2, 0.25) is 5.16 Å². The highest BCUT2D eigenvalue weighted by atomic mass is 32.2. The fourth-order valence-corrected chi connectivity index (χ4v) is 3.06. The minimum atomic E-state index is 0.868. The number of hydrogen-bond acceptors (Lipinski definition) is 6. The van der Waals surface area contributed by atoms with E-state index in [4.69, 9.17) is 0 Å². The summed E-state index contributed by atoms with van der Waals surface area (Å²) in [7, 11) is 3.86. The lowest BCUT2D eigenvalue weighted by atomic mass is 10.6. The molecular formula is C9H14N6S2. The lowest BCUT2D eigenvalue weighted by molar-refractivity contribution is 0.664. The Kier molecular flexibility index (Phi) is 4.43. The van der Waals surface area contributed by atoms with Crippen LogP contribution in [-0.4, -0.2) is 41.3 Å². The van der Waals surface area contributed by atoms with Crippen molar-refractivity contribution in [2.45, 2.75) is 16.7 Å². The van der Waals surface area contributed by atoms with Gasteiger partial charge in [-0.25, -0.2) is 9.67 Å². The predicted octanol–water partition coefficient (Wildman–Crippen LogP) is 1.22. The number of nitrogens with zero attached hydrogens (tertiary/aromatic N) is 6. The van der Waals surface area contributed by atoms with Crippen molar-refractivity contribution in [1.82, 2.24) is 29.8 Å². The molecule has 8 heteroatoms. The third kappa shape index (κ3) is 3.47. The van der Waals surface area contributed by atoms with Gasteiger partial charge in [0, 0.05) is 38.0 Å². The Morgan fingerprint density at radius 2 is 1.94 bits per heavy atom. The van der Waals surface area contributed by atoms with Crippen molar-refractivity contribution in [1.29, 1.82) is 0 Å². The van der Waals surface area contributed by atoms with E-state index >= 15 is 0 Å². The summed E-state index contributed by atoms with van der Waals surface area (Å²) >= 11 is 3.46. The smallest absolute Gasteiger partial charge is 0.209 e. The van der Waals surface area contributed by atoms with Crippen LogP contribution in [0.3, 0.4) is 0 Å². The van der Waals surface area contributed by atoms with Crippen LogP contribution in [-0.2, 0) is 14.1 Å². The Morgan fingerprint density at radius 1 is 1.18 bits per heavy atom. The van der Waals surface area contributed by atoms with Crippen LogP contribution in [0.25, 0.3) is 0 Å². The summed E-state index contributed by atoms with van der Waals surface area (Å²) in [4.78, 5) is 4.26. The number of hydrogen-bond donors (Lipinski definition) is 0. The molecule has 0 unspecified atom stereocenters. The second kappa shape index (κ2) is 6.06. The molecule has 0 fully saturated rings. The largest absolute Gasteiger partial charge is 0.329 e. The standard InChI is InChI=1S/C9H14N6S2/c1-14-5-4-10-8(14)16-6-3-7-17-9-11-12-13-15(9)2/h4-5H,3,6-7H2,1-2H3. The molecule has 92 valence electrons. The minimum absolute atomic E-state index is 0.868. The van der Waals surface area contributed by atoms with Crippen LogP contribution in [0, 0.1) is 0 Å². The molecule has 17 heavy (non-hydrogen) atoms. The van der Waals surface area contributed by atoms with E-state index < -0.39 is 0 Å². The van der Waals surface area contributed by atoms with Gasteiger partial charge in [-0.2, -0.15) is 0 Å². The van der Waals surface area contributed by atoms with Crippen molar-refractivity contribution in [3.8, 4) is 0 Å². The van der Waals surface area contributed by atoms with Crippen LogP contribution >= 0.6 is 23.5 Å². The molecule has 2 rings (SSSR count). The molecule has 0 aliphatic rings. The topological polar surface area (TPSA) is 61.4 Å². The first kappa shape index (κ1) is 12.4. The van der Waals surface area contributed by atoms with Crippen molar-refractivity contribution in [2.75, 3.05) is 11.5 Å². The summed E-state index contributed by atoms with van der Waals surface area (Å²) in [5.41, 5.74) is 0. The summed E-state index contributed by atoms with van der Waals surface area (Å²) in [6.07, 6.45) is 4.89. The minimum Gasteiger partial charge on any atom is -0.329 e. The molecule has 0 saturated carbocycles. The molecular weight excluding hydrogens is 256 g/mol. The molecule has 0 atom stereocenters. The number of aromatic nitrogens is 6. The maximum atomic E-state index is 4.26. The van der Waals surface area contributed by atoms with E-state index in [0.29, 0.717) is 0 Å². The van der Waals surface area contributed by atoms with E-state index in [1.807, 2.05) is 31.1 Å². The Morgan fingerprint density at radius 3 is 2.53 bits per heavy atom. The van der Waals surface area contributed by atoms with Crippen LogP contribution < -0.4 is 0 Å². The Balaban J connectivity index is 1.64. The monoisotopic (exact) mass is 270 g/mol. The zero-order valence-corrected chi connectivity index (χ0v) is 11.4. The number of tetrazole rings is 1. The fourth-order valence-electron chi connectivity index (χ4n) is 1.22. The molecule has 0 aliphatic carbocycles. The first-order valence-electron chi connectivity index (χ1n) is 5.22. The van der Waals surface area contributed by atoms with E-state index in [0.717, 1.165) is 28.2 Å². The summed E-state index contributed by atoms with van der Waals surface area (Å²) in [6, 6.07) is 0. The van der Waals surface area contributed by atoms with Gasteiger partial charge in [-0.3, -0.25) is 0 Å². The van der Waals surface area contributed by atoms with Crippen molar-refractivity contribution in [3.05, 3.63) is 12.4 Å². The zero-order chi connectivity index (χ0) is 12.1. The quantitative estimate of drug-likeness (QED) is 0.581. The summed E-state index contributed by atoms with van der Waals surface area (Å²) in [5.74, 6) is 2.08. The second-order valence-electron chi connectivity index (χ2n) is 3.46. The summed E-state index contributed by atoms with van der Waals surface area (Å²) < 4.78 is 3.72. The van der Waals surface area contributed by atoms with Crippen LogP contribution in [0.15, 0.2) is 22.7 Å². The second-order valence-corrected chi connectivity index (χ2v) is 5.58. The van der Waals surface area contributed by atoms with Gasteiger partial charge in [0.15, 0.2) is 5.16 Å². The van der Waals surface area contributed by atoms with Gasteiger partial charge in [-0.05, 0) is 16.8 Å². The first-order chi connectivity index (χ1) is 8.27. The first-order valence-corrected chi connectivity index (χ1v) is 7.20. The molecule has 2 heterocycles.